The molecule has 0 fully saturated rings. The lowest BCUT2D eigenvalue weighted by atomic mass is 10.0. The van der Waals surface area contributed by atoms with Crippen molar-refractivity contribution in [3.63, 3.8) is 0 Å². The maximum absolute atomic E-state index is 13.0. The van der Waals surface area contributed by atoms with Gasteiger partial charge in [-0.1, -0.05) is 42.0 Å². The summed E-state index contributed by atoms with van der Waals surface area (Å²) in [4.78, 5) is 15.3. The van der Waals surface area contributed by atoms with Crippen LogP contribution in [0.3, 0.4) is 0 Å². The van der Waals surface area contributed by atoms with Crippen LogP contribution >= 0.6 is 0 Å². The SMILES string of the molecule is Cc1ccc(S(=O)(=O)Nc2ccc3c(c2)NC(=O)C3=Cc2cc(C)c3c(OCCCN(C)C)ccccc2-3)cc1. The van der Waals surface area contributed by atoms with Gasteiger partial charge < -0.3 is 15.0 Å². The van der Waals surface area contributed by atoms with E-state index in [0.717, 1.165) is 52.1 Å². The van der Waals surface area contributed by atoms with E-state index in [0.29, 0.717) is 23.6 Å². The lowest BCUT2D eigenvalue weighted by molar-refractivity contribution is -0.110. The molecule has 2 aromatic carbocycles. The third-order valence-corrected chi connectivity index (χ3v) is 8.31. The number of nitrogens with zero attached hydrogens (tertiary/aromatic N) is 1. The maximum atomic E-state index is 13.0. The molecule has 2 aromatic rings. The molecule has 0 spiro atoms. The van der Waals surface area contributed by atoms with Crippen LogP contribution in [-0.2, 0) is 14.8 Å². The van der Waals surface area contributed by atoms with Gasteiger partial charge in [0.05, 0.1) is 22.9 Å². The number of anilines is 2. The third-order valence-electron chi connectivity index (χ3n) is 6.91. The molecule has 2 aliphatic carbocycles. The molecule has 0 atom stereocenters. The number of carbonyl (C=O) groups excluding carboxylic acids is 1. The molecule has 40 heavy (non-hydrogen) atoms. The Labute approximate surface area is 235 Å². The first-order valence-corrected chi connectivity index (χ1v) is 14.7. The van der Waals surface area contributed by atoms with Crippen molar-refractivity contribution in [1.29, 1.82) is 0 Å². The van der Waals surface area contributed by atoms with Crippen LogP contribution in [-0.4, -0.2) is 46.5 Å². The summed E-state index contributed by atoms with van der Waals surface area (Å²) in [5.74, 6) is 0.587. The van der Waals surface area contributed by atoms with Gasteiger partial charge in [-0.25, -0.2) is 8.42 Å². The van der Waals surface area contributed by atoms with E-state index < -0.39 is 10.0 Å². The van der Waals surface area contributed by atoms with Crippen molar-refractivity contribution in [3.05, 3.63) is 95.1 Å². The van der Waals surface area contributed by atoms with Crippen LogP contribution in [0.2, 0.25) is 0 Å². The average molecular weight is 556 g/mol. The van der Waals surface area contributed by atoms with Crippen molar-refractivity contribution < 1.29 is 17.9 Å². The Morgan fingerprint density at radius 3 is 2.45 bits per heavy atom. The minimum atomic E-state index is -3.76. The van der Waals surface area contributed by atoms with Crippen molar-refractivity contribution in [3.8, 4) is 16.9 Å². The van der Waals surface area contributed by atoms with Crippen LogP contribution in [0, 0.1) is 13.8 Å². The molecule has 0 unspecified atom stereocenters. The molecule has 0 bridgehead atoms. The fraction of sp³-hybridized carbons (Fsp3) is 0.219. The van der Waals surface area contributed by atoms with Crippen molar-refractivity contribution in [2.75, 3.05) is 37.3 Å². The molecule has 1 heterocycles. The molecule has 0 radical (unpaired) electrons. The van der Waals surface area contributed by atoms with E-state index in [2.05, 4.69) is 21.0 Å². The molecule has 0 saturated heterocycles. The van der Waals surface area contributed by atoms with Crippen LogP contribution in [0.15, 0.2) is 77.7 Å². The Morgan fingerprint density at radius 2 is 1.70 bits per heavy atom. The summed E-state index contributed by atoms with van der Waals surface area (Å²) in [5, 5.41) is 2.89. The number of rotatable bonds is 9. The number of hydrogen-bond donors (Lipinski definition) is 2. The first kappa shape index (κ1) is 27.4. The summed E-state index contributed by atoms with van der Waals surface area (Å²) < 4.78 is 34.5. The molecular formula is C32H33N3O4S. The number of aryl methyl sites for hydroxylation is 2. The summed E-state index contributed by atoms with van der Waals surface area (Å²) in [6.07, 6.45) is 2.81. The number of amides is 1. The van der Waals surface area contributed by atoms with E-state index in [9.17, 15) is 13.2 Å². The van der Waals surface area contributed by atoms with Crippen LogP contribution in [0.5, 0.6) is 5.75 Å². The van der Waals surface area contributed by atoms with E-state index >= 15 is 0 Å². The van der Waals surface area contributed by atoms with Crippen molar-refractivity contribution in [2.24, 2.45) is 0 Å². The lowest BCUT2D eigenvalue weighted by Crippen LogP contribution is -2.15. The smallest absolute Gasteiger partial charge is 0.261 e. The van der Waals surface area contributed by atoms with Gasteiger partial charge >= 0.3 is 0 Å². The fourth-order valence-corrected chi connectivity index (χ4v) is 5.97. The summed E-state index contributed by atoms with van der Waals surface area (Å²) >= 11 is 0. The quantitative estimate of drug-likeness (QED) is 0.194. The predicted molar refractivity (Wildman–Crippen MR) is 161 cm³/mol. The minimum Gasteiger partial charge on any atom is -0.493 e. The van der Waals surface area contributed by atoms with Crippen molar-refractivity contribution in [2.45, 2.75) is 25.2 Å². The number of fused-ring (bicyclic) bond motifs is 2. The molecule has 206 valence electrons. The van der Waals surface area contributed by atoms with Gasteiger partial charge in [-0.15, -0.1) is 0 Å². The zero-order valence-corrected chi connectivity index (χ0v) is 23.9. The molecule has 5 rings (SSSR count). The second-order valence-electron chi connectivity index (χ2n) is 10.4. The van der Waals surface area contributed by atoms with Crippen LogP contribution < -0.4 is 14.8 Å². The standard InChI is InChI=1S/C32H33N3O4S/c1-21-10-13-25(14-11-21)40(37,38)34-24-12-15-27-28(32(36)33-29(27)20-24)19-23-18-22(2)31-26(23)8-5-6-9-30(31)39-17-7-16-35(3)4/h5-6,8-15,18-20,34H,7,16-17H2,1-4H3,(H,33,36). The van der Waals surface area contributed by atoms with Crippen molar-refractivity contribution >= 4 is 39.0 Å². The largest absolute Gasteiger partial charge is 0.493 e. The highest BCUT2D eigenvalue weighted by molar-refractivity contribution is 7.92. The fourth-order valence-electron chi connectivity index (χ4n) is 4.92. The average Bonchev–Trinajstić information content (AvgIpc) is 3.27. The van der Waals surface area contributed by atoms with Gasteiger partial charge in [0.15, 0.2) is 0 Å². The molecule has 3 aliphatic rings. The third kappa shape index (κ3) is 5.73. The van der Waals surface area contributed by atoms with Gasteiger partial charge in [0.25, 0.3) is 15.9 Å². The van der Waals surface area contributed by atoms with Gasteiger partial charge in [0.1, 0.15) is 5.75 Å². The lowest BCUT2D eigenvalue weighted by Gasteiger charge is -2.12. The molecule has 7 nitrogen and oxygen atoms in total. The highest BCUT2D eigenvalue weighted by Gasteiger charge is 2.26. The molecule has 0 aromatic heterocycles. The molecular weight excluding hydrogens is 522 g/mol. The predicted octanol–water partition coefficient (Wildman–Crippen LogP) is 6.03. The van der Waals surface area contributed by atoms with Gasteiger partial charge in [-0.3, -0.25) is 9.52 Å². The molecule has 0 saturated carbocycles. The summed E-state index contributed by atoms with van der Waals surface area (Å²) in [6.45, 7) is 5.51. The maximum Gasteiger partial charge on any atom is 0.261 e. The van der Waals surface area contributed by atoms with E-state index in [1.165, 1.54) is 0 Å². The number of sulfonamides is 1. The van der Waals surface area contributed by atoms with Crippen LogP contribution in [0.1, 0.15) is 28.7 Å². The van der Waals surface area contributed by atoms with E-state index in [4.69, 9.17) is 4.74 Å². The summed E-state index contributed by atoms with van der Waals surface area (Å²) in [5.41, 5.74) is 7.17. The molecule has 2 N–H and O–H groups in total. The zero-order valence-electron chi connectivity index (χ0n) is 23.1. The van der Waals surface area contributed by atoms with E-state index in [1.54, 1.807) is 42.5 Å². The van der Waals surface area contributed by atoms with Gasteiger partial charge in [0, 0.05) is 23.2 Å². The summed E-state index contributed by atoms with van der Waals surface area (Å²) in [7, 11) is 0.331. The number of hydrogen-bond acceptors (Lipinski definition) is 5. The molecule has 1 amide bonds. The summed E-state index contributed by atoms with van der Waals surface area (Å²) in [6, 6.07) is 21.8. The monoisotopic (exact) mass is 555 g/mol. The highest BCUT2D eigenvalue weighted by atomic mass is 32.2. The van der Waals surface area contributed by atoms with Crippen molar-refractivity contribution in [1.82, 2.24) is 4.90 Å². The zero-order chi connectivity index (χ0) is 28.4. The highest BCUT2D eigenvalue weighted by Crippen LogP contribution is 2.42. The second kappa shape index (κ2) is 11.2. The Kier molecular flexibility index (Phi) is 7.65. The Bertz CT molecular complexity index is 1680. The Balaban J connectivity index is 1.42. The topological polar surface area (TPSA) is 87.7 Å². The first-order valence-electron chi connectivity index (χ1n) is 13.2. The van der Waals surface area contributed by atoms with E-state index in [1.807, 2.05) is 58.3 Å². The number of benzene rings is 2. The Hall–Kier alpha value is -4.14. The van der Waals surface area contributed by atoms with Gasteiger partial charge in [0.2, 0.25) is 0 Å². The van der Waals surface area contributed by atoms with E-state index in [-0.39, 0.29) is 10.8 Å². The van der Waals surface area contributed by atoms with Gasteiger partial charge in [-0.2, -0.15) is 0 Å². The number of nitrogens with one attached hydrogen (secondary N) is 2. The van der Waals surface area contributed by atoms with Gasteiger partial charge in [-0.05, 0) is 93.5 Å². The number of ether oxygens (including phenoxy) is 1. The normalized spacial score (nSPS) is 14.0. The van der Waals surface area contributed by atoms with Crippen LogP contribution in [0.4, 0.5) is 11.4 Å². The Morgan fingerprint density at radius 1 is 0.950 bits per heavy atom. The molecule has 8 heteroatoms. The second-order valence-corrected chi connectivity index (χ2v) is 12.0. The number of carbonyl (C=O) groups is 1. The first-order chi connectivity index (χ1) is 19.1. The van der Waals surface area contributed by atoms with Crippen LogP contribution in [0.25, 0.3) is 22.8 Å². The molecule has 1 aliphatic heterocycles. The minimum absolute atomic E-state index is 0.177.